The number of aromatic amines is 1. The number of nitrogens with zero attached hydrogens (tertiary/aromatic N) is 1. The molecule has 0 atom stereocenters. The monoisotopic (exact) mass is 264 g/mol. The molecule has 2 rings (SSSR count). The zero-order valence-electron chi connectivity index (χ0n) is 11.0. The number of imidazole rings is 1. The van der Waals surface area contributed by atoms with Crippen molar-refractivity contribution in [3.63, 3.8) is 0 Å². The first-order chi connectivity index (χ1) is 8.29. The Labute approximate surface area is 111 Å². The standard InChI is InChI=1S/C14H17FN2S/c1-9-5-10(15)7-11(6-9)17-12(14(2,3)4)8-16-13(17)18/h5-8H,1-4H3,(H,16,18). The van der Waals surface area contributed by atoms with E-state index in [0.717, 1.165) is 16.9 Å². The van der Waals surface area contributed by atoms with Gasteiger partial charge in [-0.05, 0) is 42.9 Å². The lowest BCUT2D eigenvalue weighted by atomic mass is 9.92. The van der Waals surface area contributed by atoms with Crippen molar-refractivity contribution in [3.05, 3.63) is 46.2 Å². The van der Waals surface area contributed by atoms with Gasteiger partial charge in [0.1, 0.15) is 5.82 Å². The van der Waals surface area contributed by atoms with Crippen molar-refractivity contribution in [1.82, 2.24) is 9.55 Å². The maximum absolute atomic E-state index is 13.5. The van der Waals surface area contributed by atoms with Crippen LogP contribution in [0.2, 0.25) is 0 Å². The number of hydrogen-bond acceptors (Lipinski definition) is 1. The molecule has 2 nitrogen and oxygen atoms in total. The van der Waals surface area contributed by atoms with E-state index in [1.54, 1.807) is 0 Å². The van der Waals surface area contributed by atoms with Crippen molar-refractivity contribution in [1.29, 1.82) is 0 Å². The Bertz CT molecular complexity index is 612. The molecule has 0 aliphatic carbocycles. The van der Waals surface area contributed by atoms with Crippen molar-refractivity contribution >= 4 is 12.2 Å². The molecular weight excluding hydrogens is 247 g/mol. The number of rotatable bonds is 1. The summed E-state index contributed by atoms with van der Waals surface area (Å²) < 4.78 is 16.0. The molecule has 2 aromatic rings. The number of nitrogens with one attached hydrogen (secondary N) is 1. The van der Waals surface area contributed by atoms with Crippen LogP contribution in [0.5, 0.6) is 0 Å². The van der Waals surface area contributed by atoms with Gasteiger partial charge in [-0.15, -0.1) is 0 Å². The van der Waals surface area contributed by atoms with Gasteiger partial charge in [0.2, 0.25) is 0 Å². The molecule has 18 heavy (non-hydrogen) atoms. The van der Waals surface area contributed by atoms with Crippen LogP contribution < -0.4 is 0 Å². The number of aromatic nitrogens is 2. The van der Waals surface area contributed by atoms with E-state index in [-0.39, 0.29) is 11.2 Å². The van der Waals surface area contributed by atoms with Gasteiger partial charge in [-0.25, -0.2) is 4.39 Å². The highest BCUT2D eigenvalue weighted by atomic mass is 32.1. The van der Waals surface area contributed by atoms with Crippen molar-refractivity contribution < 1.29 is 4.39 Å². The number of hydrogen-bond donors (Lipinski definition) is 1. The fraction of sp³-hybridized carbons (Fsp3) is 0.357. The van der Waals surface area contributed by atoms with E-state index >= 15 is 0 Å². The molecule has 0 aliphatic rings. The van der Waals surface area contributed by atoms with Crippen LogP contribution in [0.25, 0.3) is 5.69 Å². The molecule has 0 aliphatic heterocycles. The first kappa shape index (κ1) is 13.0. The molecule has 0 unspecified atom stereocenters. The minimum atomic E-state index is -0.243. The summed E-state index contributed by atoms with van der Waals surface area (Å²) in [6.07, 6.45) is 1.89. The second-order valence-corrected chi connectivity index (χ2v) is 5.94. The molecule has 0 radical (unpaired) electrons. The van der Waals surface area contributed by atoms with E-state index in [4.69, 9.17) is 12.2 Å². The highest BCUT2D eigenvalue weighted by molar-refractivity contribution is 7.71. The lowest BCUT2D eigenvalue weighted by Crippen LogP contribution is -2.16. The van der Waals surface area contributed by atoms with Gasteiger partial charge >= 0.3 is 0 Å². The Morgan fingerprint density at radius 1 is 1.22 bits per heavy atom. The first-order valence-electron chi connectivity index (χ1n) is 5.87. The van der Waals surface area contributed by atoms with E-state index < -0.39 is 0 Å². The predicted molar refractivity (Wildman–Crippen MR) is 74.3 cm³/mol. The summed E-state index contributed by atoms with van der Waals surface area (Å²) in [5.41, 5.74) is 2.63. The molecule has 96 valence electrons. The third kappa shape index (κ3) is 2.38. The topological polar surface area (TPSA) is 20.7 Å². The van der Waals surface area contributed by atoms with Crippen LogP contribution >= 0.6 is 12.2 Å². The summed E-state index contributed by atoms with van der Waals surface area (Å²) in [5.74, 6) is -0.243. The fourth-order valence-electron chi connectivity index (χ4n) is 2.02. The molecule has 1 heterocycles. The highest BCUT2D eigenvalue weighted by Gasteiger charge is 2.20. The summed E-state index contributed by atoms with van der Waals surface area (Å²) in [4.78, 5) is 3.04. The third-order valence-corrected chi connectivity index (χ3v) is 3.13. The smallest absolute Gasteiger partial charge is 0.182 e. The molecule has 0 amide bonds. The average molecular weight is 264 g/mol. The van der Waals surface area contributed by atoms with Crippen molar-refractivity contribution in [2.24, 2.45) is 0 Å². The van der Waals surface area contributed by atoms with Crippen molar-refractivity contribution in [3.8, 4) is 5.69 Å². The van der Waals surface area contributed by atoms with E-state index in [1.165, 1.54) is 12.1 Å². The second-order valence-electron chi connectivity index (χ2n) is 5.55. The largest absolute Gasteiger partial charge is 0.337 e. The number of halogens is 1. The summed E-state index contributed by atoms with van der Waals surface area (Å²) >= 11 is 5.30. The van der Waals surface area contributed by atoms with Gasteiger partial charge in [0.25, 0.3) is 0 Å². The lowest BCUT2D eigenvalue weighted by molar-refractivity contribution is 0.554. The van der Waals surface area contributed by atoms with Crippen LogP contribution in [0.15, 0.2) is 24.4 Å². The van der Waals surface area contributed by atoms with E-state index in [2.05, 4.69) is 25.8 Å². The number of H-pyrrole nitrogens is 1. The summed E-state index contributed by atoms with van der Waals surface area (Å²) in [6, 6.07) is 4.95. The third-order valence-electron chi connectivity index (χ3n) is 2.83. The van der Waals surface area contributed by atoms with E-state index in [1.807, 2.05) is 23.8 Å². The van der Waals surface area contributed by atoms with Gasteiger partial charge < -0.3 is 4.98 Å². The molecule has 4 heteroatoms. The minimum Gasteiger partial charge on any atom is -0.337 e. The van der Waals surface area contributed by atoms with Crippen molar-refractivity contribution in [2.45, 2.75) is 33.1 Å². The molecule has 0 bridgehead atoms. The van der Waals surface area contributed by atoms with Gasteiger partial charge in [-0.2, -0.15) is 0 Å². The van der Waals surface area contributed by atoms with Gasteiger partial charge in [0.05, 0.1) is 5.69 Å². The summed E-state index contributed by atoms with van der Waals surface area (Å²) in [6.45, 7) is 8.19. The fourth-order valence-corrected chi connectivity index (χ4v) is 2.29. The summed E-state index contributed by atoms with van der Waals surface area (Å²) in [5, 5.41) is 0. The predicted octanol–water partition coefficient (Wildman–Crippen LogP) is 4.28. The van der Waals surface area contributed by atoms with Crippen LogP contribution in [0, 0.1) is 17.5 Å². The Balaban J connectivity index is 2.71. The Morgan fingerprint density at radius 2 is 1.89 bits per heavy atom. The van der Waals surface area contributed by atoms with Gasteiger partial charge in [0.15, 0.2) is 4.77 Å². The van der Waals surface area contributed by atoms with Crippen LogP contribution in [0.3, 0.4) is 0 Å². The molecule has 1 aromatic heterocycles. The van der Waals surface area contributed by atoms with Crippen LogP contribution in [-0.2, 0) is 5.41 Å². The molecule has 1 aromatic carbocycles. The zero-order chi connectivity index (χ0) is 13.5. The molecule has 0 fully saturated rings. The lowest BCUT2D eigenvalue weighted by Gasteiger charge is -2.21. The Kier molecular flexibility index (Phi) is 3.15. The van der Waals surface area contributed by atoms with Crippen molar-refractivity contribution in [2.75, 3.05) is 0 Å². The second kappa shape index (κ2) is 4.35. The minimum absolute atomic E-state index is 0.0617. The van der Waals surface area contributed by atoms with Gasteiger partial charge in [-0.1, -0.05) is 20.8 Å². The van der Waals surface area contributed by atoms with E-state index in [0.29, 0.717) is 4.77 Å². The Morgan fingerprint density at radius 3 is 2.44 bits per heavy atom. The molecule has 0 spiro atoms. The van der Waals surface area contributed by atoms with Gasteiger partial charge in [0, 0.05) is 17.3 Å². The summed E-state index contributed by atoms with van der Waals surface area (Å²) in [7, 11) is 0. The van der Waals surface area contributed by atoms with Crippen LogP contribution in [0.1, 0.15) is 32.0 Å². The molecule has 1 N–H and O–H groups in total. The maximum atomic E-state index is 13.5. The first-order valence-corrected chi connectivity index (χ1v) is 6.28. The molecular formula is C14H17FN2S. The Hall–Kier alpha value is -1.42. The molecule has 0 saturated heterocycles. The van der Waals surface area contributed by atoms with Crippen LogP contribution in [0.4, 0.5) is 4.39 Å². The number of aryl methyl sites for hydroxylation is 1. The number of benzene rings is 1. The highest BCUT2D eigenvalue weighted by Crippen LogP contribution is 2.26. The average Bonchev–Trinajstić information content (AvgIpc) is 2.57. The van der Waals surface area contributed by atoms with E-state index in [9.17, 15) is 4.39 Å². The van der Waals surface area contributed by atoms with Crippen LogP contribution in [-0.4, -0.2) is 9.55 Å². The zero-order valence-corrected chi connectivity index (χ0v) is 11.9. The quantitative estimate of drug-likeness (QED) is 0.762. The SMILES string of the molecule is Cc1cc(F)cc(-n2c(C(C)(C)C)c[nH]c2=S)c1. The molecule has 0 saturated carbocycles. The maximum Gasteiger partial charge on any atom is 0.182 e. The van der Waals surface area contributed by atoms with Gasteiger partial charge in [-0.3, -0.25) is 4.57 Å². The normalized spacial score (nSPS) is 11.8.